The number of unbranched alkanes of at least 4 members (excludes halogenated alkanes) is 1. The molecule has 2 heterocycles. The van der Waals surface area contributed by atoms with Gasteiger partial charge in [0, 0.05) is 30.8 Å². The van der Waals surface area contributed by atoms with E-state index in [1.54, 1.807) is 11.8 Å². The zero-order valence-corrected chi connectivity index (χ0v) is 17.0. The highest BCUT2D eigenvalue weighted by Gasteiger charge is 2.27. The molecule has 1 unspecified atom stereocenters. The van der Waals surface area contributed by atoms with E-state index >= 15 is 0 Å². The molecule has 0 bridgehead atoms. The number of likely N-dealkylation sites (tertiary alicyclic amines) is 1. The third-order valence-electron chi connectivity index (χ3n) is 5.67. The molecule has 1 N–H and O–H groups in total. The molecule has 4 nitrogen and oxygen atoms in total. The van der Waals surface area contributed by atoms with Crippen LogP contribution in [0.25, 0.3) is 0 Å². The summed E-state index contributed by atoms with van der Waals surface area (Å²) in [7, 11) is 0. The van der Waals surface area contributed by atoms with Crippen LogP contribution in [0, 0.1) is 0 Å². The number of nitrogens with zero attached hydrogens (tertiary/aromatic N) is 1. The predicted molar refractivity (Wildman–Crippen MR) is 112 cm³/mol. The minimum atomic E-state index is 0.238. The number of aryl methyl sites for hydroxylation is 1. The van der Waals surface area contributed by atoms with Crippen molar-refractivity contribution < 1.29 is 14.4 Å². The zero-order valence-electron chi connectivity index (χ0n) is 17.0. The van der Waals surface area contributed by atoms with Gasteiger partial charge in [0.2, 0.25) is 0 Å². The van der Waals surface area contributed by atoms with E-state index in [0.29, 0.717) is 12.5 Å². The highest BCUT2D eigenvalue weighted by molar-refractivity contribution is 5.75. The number of nitrogens with one attached hydrogen (secondary N) is 1. The molecular weight excluding hydrogens is 348 g/mol. The minimum absolute atomic E-state index is 0.238. The summed E-state index contributed by atoms with van der Waals surface area (Å²) in [6, 6.07) is 13.1. The number of ketones is 1. The molecule has 2 atom stereocenters. The smallest absolute Gasteiger partial charge is 0.130 e. The van der Waals surface area contributed by atoms with Crippen molar-refractivity contribution in [1.29, 1.82) is 0 Å². The minimum Gasteiger partial charge on any atom is -0.494 e. The first-order valence-corrected chi connectivity index (χ1v) is 10.7. The molecule has 3 rings (SSSR count). The van der Waals surface area contributed by atoms with Gasteiger partial charge in [0.15, 0.2) is 0 Å². The van der Waals surface area contributed by atoms with Crippen molar-refractivity contribution in [2.45, 2.75) is 57.9 Å². The fourth-order valence-corrected chi connectivity index (χ4v) is 4.08. The highest BCUT2D eigenvalue weighted by atomic mass is 16.5. The molecule has 1 aliphatic heterocycles. The number of piperidine rings is 1. The maximum Gasteiger partial charge on any atom is 0.130 e. The van der Waals surface area contributed by atoms with Crippen LogP contribution in [-0.2, 0) is 11.2 Å². The van der Waals surface area contributed by atoms with Crippen molar-refractivity contribution in [2.75, 3.05) is 19.7 Å². The number of Topliss-reactive ketones (excluding diaryl/α,β-unsaturated/α-hetero) is 1. The topological polar surface area (TPSA) is 43.6 Å². The standard InChI is InChI=1S/C24H32N2O2/c1-20(27)9-10-21-11-13-23(14-12-21)28-18-5-4-17-26-16-3-2-8-24(26)22-7-6-15-25-19-22/h6-7,11-15,19,24H,2-5,8-10,16-18H2,1H3/p+1/t24-/m1/s1. The second kappa shape index (κ2) is 11.0. The summed E-state index contributed by atoms with van der Waals surface area (Å²) in [5, 5.41) is 0. The van der Waals surface area contributed by atoms with E-state index in [2.05, 4.69) is 29.2 Å². The Morgan fingerprint density at radius 2 is 2.04 bits per heavy atom. The Morgan fingerprint density at radius 3 is 2.79 bits per heavy atom. The predicted octanol–water partition coefficient (Wildman–Crippen LogP) is 3.57. The molecule has 0 radical (unpaired) electrons. The maximum absolute atomic E-state index is 11.1. The Morgan fingerprint density at radius 1 is 1.18 bits per heavy atom. The van der Waals surface area contributed by atoms with Crippen molar-refractivity contribution in [3.63, 3.8) is 0 Å². The summed E-state index contributed by atoms with van der Waals surface area (Å²) in [4.78, 5) is 17.1. The molecule has 4 heteroatoms. The molecule has 1 aromatic carbocycles. The first kappa shape index (κ1) is 20.5. The first-order valence-electron chi connectivity index (χ1n) is 10.7. The SMILES string of the molecule is CC(=O)CCc1ccc(OCCCC[NH+]2CCCC[C@@H]2c2cccnc2)cc1. The molecule has 1 saturated heterocycles. The van der Waals surface area contributed by atoms with E-state index in [0.717, 1.165) is 25.2 Å². The third kappa shape index (κ3) is 6.45. The number of carbonyl (C=O) groups excluding carboxylic acids is 1. The van der Waals surface area contributed by atoms with Crippen LogP contribution in [0.3, 0.4) is 0 Å². The van der Waals surface area contributed by atoms with Gasteiger partial charge in [-0.3, -0.25) is 4.98 Å². The Hall–Kier alpha value is -2.20. The van der Waals surface area contributed by atoms with Gasteiger partial charge in [-0.25, -0.2) is 0 Å². The van der Waals surface area contributed by atoms with E-state index < -0.39 is 0 Å². The second-order valence-electron chi connectivity index (χ2n) is 7.89. The summed E-state index contributed by atoms with van der Waals surface area (Å²) in [6.07, 6.45) is 11.5. The van der Waals surface area contributed by atoms with Crippen LogP contribution in [-0.4, -0.2) is 30.5 Å². The van der Waals surface area contributed by atoms with Crippen LogP contribution in [0.4, 0.5) is 0 Å². The molecule has 0 spiro atoms. The molecule has 1 fully saturated rings. The van der Waals surface area contributed by atoms with Gasteiger partial charge in [-0.1, -0.05) is 18.2 Å². The monoisotopic (exact) mass is 381 g/mol. The molecule has 2 aromatic rings. The van der Waals surface area contributed by atoms with Gasteiger partial charge in [-0.2, -0.15) is 0 Å². The summed E-state index contributed by atoms with van der Waals surface area (Å²) in [6.45, 7) is 4.87. The lowest BCUT2D eigenvalue weighted by Crippen LogP contribution is -3.13. The molecule has 28 heavy (non-hydrogen) atoms. The van der Waals surface area contributed by atoms with Crippen LogP contribution in [0.2, 0.25) is 0 Å². The van der Waals surface area contributed by atoms with Gasteiger partial charge in [-0.15, -0.1) is 0 Å². The van der Waals surface area contributed by atoms with Gasteiger partial charge in [-0.05, 0) is 62.8 Å². The molecule has 150 valence electrons. The number of aromatic nitrogens is 1. The summed E-state index contributed by atoms with van der Waals surface area (Å²) < 4.78 is 5.90. The average Bonchev–Trinajstić information content (AvgIpc) is 2.74. The lowest BCUT2D eigenvalue weighted by Gasteiger charge is -2.32. The van der Waals surface area contributed by atoms with Gasteiger partial charge in [0.05, 0.1) is 19.7 Å². The first-order chi connectivity index (χ1) is 13.7. The number of carbonyl (C=O) groups is 1. The number of rotatable bonds is 10. The van der Waals surface area contributed by atoms with Gasteiger partial charge < -0.3 is 14.4 Å². The Kier molecular flexibility index (Phi) is 8.04. The van der Waals surface area contributed by atoms with Gasteiger partial charge in [0.1, 0.15) is 17.6 Å². The van der Waals surface area contributed by atoms with E-state index in [-0.39, 0.29) is 5.78 Å². The van der Waals surface area contributed by atoms with Crippen molar-refractivity contribution in [2.24, 2.45) is 0 Å². The fourth-order valence-electron chi connectivity index (χ4n) is 4.08. The average molecular weight is 382 g/mol. The zero-order chi connectivity index (χ0) is 19.6. The number of hydrogen-bond acceptors (Lipinski definition) is 3. The van der Waals surface area contributed by atoms with Crippen molar-refractivity contribution in [3.8, 4) is 5.75 Å². The third-order valence-corrected chi connectivity index (χ3v) is 5.67. The molecule has 0 aliphatic carbocycles. The molecule has 0 saturated carbocycles. The van der Waals surface area contributed by atoms with Crippen molar-refractivity contribution in [3.05, 3.63) is 59.9 Å². The van der Waals surface area contributed by atoms with Crippen LogP contribution < -0.4 is 9.64 Å². The lowest BCUT2D eigenvalue weighted by molar-refractivity contribution is -0.937. The van der Waals surface area contributed by atoms with Crippen LogP contribution >= 0.6 is 0 Å². The molecular formula is C24H33N2O2+. The molecule has 0 amide bonds. The number of pyridine rings is 1. The number of quaternary nitrogens is 1. The number of hydrogen-bond donors (Lipinski definition) is 1. The van der Waals surface area contributed by atoms with Crippen molar-refractivity contribution in [1.82, 2.24) is 4.98 Å². The van der Waals surface area contributed by atoms with Gasteiger partial charge in [0.25, 0.3) is 0 Å². The van der Waals surface area contributed by atoms with E-state index in [1.807, 2.05) is 24.5 Å². The van der Waals surface area contributed by atoms with E-state index in [9.17, 15) is 4.79 Å². The summed E-state index contributed by atoms with van der Waals surface area (Å²) in [5.74, 6) is 1.16. The van der Waals surface area contributed by atoms with Crippen LogP contribution in [0.1, 0.15) is 62.6 Å². The van der Waals surface area contributed by atoms with Gasteiger partial charge >= 0.3 is 0 Å². The fraction of sp³-hybridized carbons (Fsp3) is 0.500. The summed E-state index contributed by atoms with van der Waals surface area (Å²) in [5.41, 5.74) is 2.58. The number of ether oxygens (including phenoxy) is 1. The quantitative estimate of drug-likeness (QED) is 0.640. The van der Waals surface area contributed by atoms with Crippen molar-refractivity contribution >= 4 is 5.78 Å². The van der Waals surface area contributed by atoms with E-state index in [1.165, 1.54) is 49.9 Å². The van der Waals surface area contributed by atoms with E-state index in [4.69, 9.17) is 4.74 Å². The molecule has 1 aromatic heterocycles. The number of benzene rings is 1. The largest absolute Gasteiger partial charge is 0.494 e. The second-order valence-corrected chi connectivity index (χ2v) is 7.89. The highest BCUT2D eigenvalue weighted by Crippen LogP contribution is 2.18. The normalized spacial score (nSPS) is 19.3. The van der Waals surface area contributed by atoms with Crippen LogP contribution in [0.15, 0.2) is 48.8 Å². The molecule has 1 aliphatic rings. The maximum atomic E-state index is 11.1. The Labute approximate surface area is 168 Å². The Bertz CT molecular complexity index is 715. The lowest BCUT2D eigenvalue weighted by atomic mass is 9.96. The van der Waals surface area contributed by atoms with Crippen LogP contribution in [0.5, 0.6) is 5.75 Å². The summed E-state index contributed by atoms with van der Waals surface area (Å²) >= 11 is 0. The Balaban J connectivity index is 1.37.